The van der Waals surface area contributed by atoms with Gasteiger partial charge in [-0.25, -0.2) is 0 Å². The summed E-state index contributed by atoms with van der Waals surface area (Å²) in [5, 5.41) is 1.98. The Morgan fingerprint density at radius 1 is 1.64 bits per heavy atom. The third kappa shape index (κ3) is 2.90. The van der Waals surface area contributed by atoms with Crippen LogP contribution in [-0.4, -0.2) is 12.3 Å². The molecule has 2 nitrogen and oxygen atoms in total. The fourth-order valence-electron chi connectivity index (χ4n) is 0.958. The highest BCUT2D eigenvalue weighted by atomic mass is 79.9. The lowest BCUT2D eigenvalue weighted by molar-refractivity contribution is -0.125. The molecule has 0 bridgehead atoms. The number of hydrogen-bond acceptors (Lipinski definition) is 3. The second-order valence-corrected chi connectivity index (χ2v) is 5.83. The summed E-state index contributed by atoms with van der Waals surface area (Å²) in [5.41, 5.74) is 5.13. The Kier molecular flexibility index (Phi) is 3.86. The van der Waals surface area contributed by atoms with Crippen LogP contribution in [0.1, 0.15) is 18.7 Å². The monoisotopic (exact) mass is 275 g/mol. The lowest BCUT2D eigenvalue weighted by atomic mass is 9.86. The Bertz CT molecular complexity index is 333. The van der Waals surface area contributed by atoms with Gasteiger partial charge in [0.1, 0.15) is 5.78 Å². The predicted molar refractivity (Wildman–Crippen MR) is 63.6 cm³/mol. The van der Waals surface area contributed by atoms with E-state index in [0.29, 0.717) is 13.0 Å². The molecule has 0 aromatic carbocycles. The minimum absolute atomic E-state index is 0.203. The number of rotatable bonds is 4. The van der Waals surface area contributed by atoms with Gasteiger partial charge in [-0.15, -0.1) is 11.3 Å². The minimum atomic E-state index is -0.406. The summed E-state index contributed by atoms with van der Waals surface area (Å²) in [6.07, 6.45) is 0.487. The van der Waals surface area contributed by atoms with Crippen molar-refractivity contribution in [2.75, 3.05) is 6.54 Å². The molecule has 0 saturated heterocycles. The Hall–Kier alpha value is -0.190. The summed E-state index contributed by atoms with van der Waals surface area (Å²) < 4.78 is 1.04. The molecule has 0 amide bonds. The van der Waals surface area contributed by atoms with Gasteiger partial charge in [0.2, 0.25) is 0 Å². The van der Waals surface area contributed by atoms with E-state index in [0.717, 1.165) is 9.35 Å². The van der Waals surface area contributed by atoms with Crippen molar-refractivity contribution in [3.05, 3.63) is 20.8 Å². The van der Waals surface area contributed by atoms with Gasteiger partial charge in [0, 0.05) is 33.1 Å². The summed E-state index contributed by atoms with van der Waals surface area (Å²) >= 11 is 4.96. The number of carbonyl (C=O) groups is 1. The quantitative estimate of drug-likeness (QED) is 0.918. The maximum atomic E-state index is 11.8. The number of hydrogen-bond donors (Lipinski definition) is 1. The molecule has 2 N–H and O–H groups in total. The third-order valence-corrected chi connectivity index (χ3v) is 3.92. The lowest BCUT2D eigenvalue weighted by Gasteiger charge is -2.19. The second-order valence-electron chi connectivity index (χ2n) is 3.92. The molecule has 0 unspecified atom stereocenters. The van der Waals surface area contributed by atoms with E-state index in [-0.39, 0.29) is 5.78 Å². The zero-order chi connectivity index (χ0) is 10.8. The van der Waals surface area contributed by atoms with Crippen molar-refractivity contribution in [3.8, 4) is 0 Å². The van der Waals surface area contributed by atoms with Crippen LogP contribution < -0.4 is 5.73 Å². The summed E-state index contributed by atoms with van der Waals surface area (Å²) in [5.74, 6) is 0.203. The number of nitrogens with two attached hydrogens (primary N) is 1. The van der Waals surface area contributed by atoms with Gasteiger partial charge in [0.25, 0.3) is 0 Å². The minimum Gasteiger partial charge on any atom is -0.329 e. The Morgan fingerprint density at radius 2 is 2.29 bits per heavy atom. The molecule has 1 rings (SSSR count). The molecular weight excluding hydrogens is 262 g/mol. The molecule has 1 heterocycles. The summed E-state index contributed by atoms with van der Waals surface area (Å²) in [6.45, 7) is 4.17. The Labute approximate surface area is 96.6 Å². The molecule has 0 aliphatic heterocycles. The predicted octanol–water partition coefficient (Wildman–Crippen LogP) is 2.61. The number of halogens is 1. The van der Waals surface area contributed by atoms with Crippen LogP contribution in [0.2, 0.25) is 0 Å². The largest absolute Gasteiger partial charge is 0.329 e. The van der Waals surface area contributed by atoms with Gasteiger partial charge in [-0.3, -0.25) is 4.79 Å². The van der Waals surface area contributed by atoms with E-state index in [1.54, 1.807) is 11.3 Å². The van der Waals surface area contributed by atoms with Gasteiger partial charge in [-0.2, -0.15) is 0 Å². The lowest BCUT2D eigenvalue weighted by Crippen LogP contribution is -2.33. The van der Waals surface area contributed by atoms with Gasteiger partial charge in [-0.05, 0) is 22.0 Å². The molecule has 14 heavy (non-hydrogen) atoms. The SMILES string of the molecule is CC(C)(CN)C(=O)Cc1cc(Br)cs1. The van der Waals surface area contributed by atoms with Crippen LogP contribution in [0.15, 0.2) is 15.9 Å². The highest BCUT2D eigenvalue weighted by molar-refractivity contribution is 9.10. The molecule has 1 aromatic heterocycles. The number of thiophene rings is 1. The number of carbonyl (C=O) groups excluding carboxylic acids is 1. The van der Waals surface area contributed by atoms with E-state index >= 15 is 0 Å². The average Bonchev–Trinajstić information content (AvgIpc) is 2.51. The van der Waals surface area contributed by atoms with Gasteiger partial charge in [0.15, 0.2) is 0 Å². The van der Waals surface area contributed by atoms with Crippen molar-refractivity contribution in [3.63, 3.8) is 0 Å². The van der Waals surface area contributed by atoms with Crippen molar-refractivity contribution in [2.24, 2.45) is 11.1 Å². The second kappa shape index (κ2) is 4.55. The van der Waals surface area contributed by atoms with Crippen LogP contribution >= 0.6 is 27.3 Å². The van der Waals surface area contributed by atoms with E-state index in [1.807, 2.05) is 25.3 Å². The van der Waals surface area contributed by atoms with Crippen molar-refractivity contribution in [2.45, 2.75) is 20.3 Å². The first kappa shape index (κ1) is 11.9. The molecule has 1 aromatic rings. The van der Waals surface area contributed by atoms with Crippen molar-refractivity contribution in [1.29, 1.82) is 0 Å². The van der Waals surface area contributed by atoms with Crippen molar-refractivity contribution < 1.29 is 4.79 Å². The number of Topliss-reactive ketones (excluding diaryl/α,β-unsaturated/α-hetero) is 1. The fourth-order valence-corrected chi connectivity index (χ4v) is 2.41. The van der Waals surface area contributed by atoms with Crippen LogP contribution in [0, 0.1) is 5.41 Å². The third-order valence-electron chi connectivity index (χ3n) is 2.22. The van der Waals surface area contributed by atoms with E-state index in [9.17, 15) is 4.79 Å². The smallest absolute Gasteiger partial charge is 0.144 e. The zero-order valence-corrected chi connectivity index (χ0v) is 10.7. The molecule has 0 radical (unpaired) electrons. The molecule has 0 spiro atoms. The molecule has 78 valence electrons. The van der Waals surface area contributed by atoms with E-state index in [4.69, 9.17) is 5.73 Å². The zero-order valence-electron chi connectivity index (χ0n) is 8.34. The summed E-state index contributed by atoms with van der Waals surface area (Å²) in [6, 6.07) is 1.98. The topological polar surface area (TPSA) is 43.1 Å². The molecule has 0 fully saturated rings. The first-order valence-corrected chi connectivity index (χ1v) is 6.09. The first-order valence-electron chi connectivity index (χ1n) is 4.42. The highest BCUT2D eigenvalue weighted by Gasteiger charge is 2.25. The van der Waals surface area contributed by atoms with Crippen molar-refractivity contribution in [1.82, 2.24) is 0 Å². The van der Waals surface area contributed by atoms with Crippen LogP contribution in [0.5, 0.6) is 0 Å². The summed E-state index contributed by atoms with van der Waals surface area (Å²) in [7, 11) is 0. The molecule has 0 atom stereocenters. The molecule has 0 saturated carbocycles. The average molecular weight is 276 g/mol. The van der Waals surface area contributed by atoms with Crippen LogP contribution in [0.25, 0.3) is 0 Å². The molecular formula is C10H14BrNOS. The number of ketones is 1. The van der Waals surface area contributed by atoms with Crippen LogP contribution in [0.4, 0.5) is 0 Å². The van der Waals surface area contributed by atoms with E-state index in [2.05, 4.69) is 15.9 Å². The first-order chi connectivity index (χ1) is 6.45. The molecule has 4 heteroatoms. The van der Waals surface area contributed by atoms with Gasteiger partial charge < -0.3 is 5.73 Å². The Morgan fingerprint density at radius 3 is 2.71 bits per heavy atom. The van der Waals surface area contributed by atoms with Crippen molar-refractivity contribution >= 4 is 33.0 Å². The maximum absolute atomic E-state index is 11.8. The molecule has 0 aliphatic carbocycles. The van der Waals surface area contributed by atoms with Crippen LogP contribution in [-0.2, 0) is 11.2 Å². The van der Waals surface area contributed by atoms with Crippen LogP contribution in [0.3, 0.4) is 0 Å². The normalized spacial score (nSPS) is 11.7. The van der Waals surface area contributed by atoms with E-state index < -0.39 is 5.41 Å². The van der Waals surface area contributed by atoms with Gasteiger partial charge in [-0.1, -0.05) is 13.8 Å². The standard InChI is InChI=1S/C10H14BrNOS/c1-10(2,6-12)9(13)4-8-3-7(11)5-14-8/h3,5H,4,6,12H2,1-2H3. The van der Waals surface area contributed by atoms with Gasteiger partial charge >= 0.3 is 0 Å². The van der Waals surface area contributed by atoms with E-state index in [1.165, 1.54) is 0 Å². The highest BCUT2D eigenvalue weighted by Crippen LogP contribution is 2.23. The fraction of sp³-hybridized carbons (Fsp3) is 0.500. The summed E-state index contributed by atoms with van der Waals surface area (Å²) in [4.78, 5) is 12.9. The Balaban J connectivity index is 2.66. The molecule has 0 aliphatic rings. The van der Waals surface area contributed by atoms with Gasteiger partial charge in [0.05, 0.1) is 0 Å². The maximum Gasteiger partial charge on any atom is 0.144 e.